The van der Waals surface area contributed by atoms with E-state index in [0.717, 1.165) is 5.56 Å². The Bertz CT molecular complexity index is 2340. The van der Waals surface area contributed by atoms with Crippen LogP contribution < -0.4 is 10.1 Å². The summed E-state index contributed by atoms with van der Waals surface area (Å²) in [5.41, 5.74) is 2.28. The number of allylic oxidation sites excluding steroid dienone is 2. The Labute approximate surface area is 337 Å². The minimum absolute atomic E-state index is 0.0253. The zero-order valence-electron chi connectivity index (χ0n) is 34.9. The number of methoxy groups -OCH3 is 1. The third kappa shape index (κ3) is 8.27. The van der Waals surface area contributed by atoms with Gasteiger partial charge in [0, 0.05) is 61.4 Å². The van der Waals surface area contributed by atoms with Crippen LogP contribution >= 0.6 is 0 Å². The number of aliphatic hydroxyl groups is 2. The minimum Gasteiger partial charge on any atom is -0.507 e. The van der Waals surface area contributed by atoms with E-state index in [-0.39, 0.29) is 74.3 Å². The number of imidazole rings is 1. The van der Waals surface area contributed by atoms with Gasteiger partial charge in [0.25, 0.3) is 11.7 Å². The number of esters is 1. The largest absolute Gasteiger partial charge is 0.507 e. The highest BCUT2D eigenvalue weighted by Crippen LogP contribution is 2.54. The van der Waals surface area contributed by atoms with E-state index in [1.807, 2.05) is 32.9 Å². The molecular formula is C44H55N3O11. The summed E-state index contributed by atoms with van der Waals surface area (Å²) in [6.45, 7) is 17.0. The molecule has 2 aromatic carbocycles. The number of Topliss-reactive ketones (excluding diaryl/α,β-unsaturated/α-hetero) is 1. The molecule has 1 aliphatic heterocycles. The number of carbonyl (C=O) groups is 3. The van der Waals surface area contributed by atoms with Gasteiger partial charge in [0.15, 0.2) is 5.75 Å². The van der Waals surface area contributed by atoms with Gasteiger partial charge in [0.05, 0.1) is 42.1 Å². The predicted molar refractivity (Wildman–Crippen MR) is 220 cm³/mol. The highest BCUT2D eigenvalue weighted by molar-refractivity contribution is 6.28. The van der Waals surface area contributed by atoms with Gasteiger partial charge in [-0.1, -0.05) is 52.8 Å². The van der Waals surface area contributed by atoms with Gasteiger partial charge in [-0.25, -0.2) is 4.98 Å². The molecule has 1 amide bonds. The molecule has 0 aliphatic carbocycles. The molecule has 2 aromatic heterocycles. The number of rotatable bonds is 15. The van der Waals surface area contributed by atoms with E-state index in [1.165, 1.54) is 20.1 Å². The van der Waals surface area contributed by atoms with Crippen molar-refractivity contribution in [3.63, 3.8) is 0 Å². The average Bonchev–Trinajstić information content (AvgIpc) is 3.67. The monoisotopic (exact) mass is 801 g/mol. The second-order valence-electron chi connectivity index (χ2n) is 15.8. The van der Waals surface area contributed by atoms with Crippen LogP contribution in [0.5, 0.6) is 17.2 Å². The lowest BCUT2D eigenvalue weighted by Crippen LogP contribution is -2.38. The van der Waals surface area contributed by atoms with Gasteiger partial charge in [-0.3, -0.25) is 18.8 Å². The third-order valence-electron chi connectivity index (χ3n) is 10.9. The first kappa shape index (κ1) is 43.7. The number of hydrogen-bond acceptors (Lipinski definition) is 12. The van der Waals surface area contributed by atoms with Crippen molar-refractivity contribution in [3.05, 3.63) is 71.2 Å². The summed E-state index contributed by atoms with van der Waals surface area (Å²) in [4.78, 5) is 44.2. The predicted octanol–water partition coefficient (Wildman–Crippen LogP) is 6.80. The molecule has 14 nitrogen and oxygen atoms in total. The van der Waals surface area contributed by atoms with E-state index in [9.17, 15) is 34.8 Å². The number of benzene rings is 2. The lowest BCUT2D eigenvalue weighted by Gasteiger charge is -2.30. The zero-order chi connectivity index (χ0) is 43.0. The van der Waals surface area contributed by atoms with Gasteiger partial charge < -0.3 is 44.7 Å². The molecular weight excluding hydrogens is 746 g/mol. The van der Waals surface area contributed by atoms with Crippen molar-refractivity contribution in [1.82, 2.24) is 9.38 Å². The summed E-state index contributed by atoms with van der Waals surface area (Å²) in [7, 11) is 1.57. The molecule has 5 N–H and O–H groups in total. The molecule has 0 spiro atoms. The molecule has 14 heteroatoms. The quantitative estimate of drug-likeness (QED) is 0.0278. The summed E-state index contributed by atoms with van der Waals surface area (Å²) >= 11 is 0. The maximum absolute atomic E-state index is 14.3. The number of hydrogen-bond donors (Lipinski definition) is 5. The fourth-order valence-electron chi connectivity index (χ4n) is 7.25. The molecule has 0 saturated carbocycles. The van der Waals surface area contributed by atoms with E-state index in [0.29, 0.717) is 5.65 Å². The lowest BCUT2D eigenvalue weighted by molar-refractivity contribution is -0.144. The molecule has 5 rings (SSSR count). The molecule has 0 saturated heterocycles. The molecule has 58 heavy (non-hydrogen) atoms. The highest BCUT2D eigenvalue weighted by atomic mass is 16.7. The number of fused-ring (bicyclic) bond motifs is 7. The van der Waals surface area contributed by atoms with Crippen molar-refractivity contribution in [2.24, 2.45) is 23.7 Å². The van der Waals surface area contributed by atoms with Gasteiger partial charge in [0.2, 0.25) is 0 Å². The number of phenolic OH excluding ortho intramolecular Hbond substituents is 2. The summed E-state index contributed by atoms with van der Waals surface area (Å²) < 4.78 is 24.3. The first-order chi connectivity index (χ1) is 27.2. The van der Waals surface area contributed by atoms with Crippen molar-refractivity contribution < 1.29 is 53.8 Å². The van der Waals surface area contributed by atoms with Gasteiger partial charge in [-0.05, 0) is 50.5 Å². The maximum Gasteiger partial charge on any atom is 0.312 e. The standard InChI is InChI=1S/C44H55N3O11/c1-21(2)29(55-11)16-18-57-44(10)42(53)33-31-32(39(51)27(8)41(33)58-44)40(52)35(36-34(31)45-30-19-22(3)15-17-47(30)36)46-43(54)24(5)14-12-13-23(4)37(49)26(7)38(50)25(6)20-56-28(9)48/h12-19,21,23,25-26,29,37-38,49-52H,20H2,1-11H3,(H,46,54)/b13-12+,18-16+,24-14-. The lowest BCUT2D eigenvalue weighted by atomic mass is 9.84. The maximum atomic E-state index is 14.3. The second-order valence-corrected chi connectivity index (χ2v) is 15.8. The Morgan fingerprint density at radius 1 is 1.03 bits per heavy atom. The number of amides is 1. The number of ether oxygens (including phenoxy) is 4. The van der Waals surface area contributed by atoms with Crippen molar-refractivity contribution >= 4 is 50.8 Å². The molecule has 0 radical (unpaired) electrons. The topological polar surface area (TPSA) is 198 Å². The van der Waals surface area contributed by atoms with Crippen molar-refractivity contribution in [3.8, 4) is 17.2 Å². The van der Waals surface area contributed by atoms with Crippen LogP contribution in [0.1, 0.15) is 76.9 Å². The second kappa shape index (κ2) is 17.2. The van der Waals surface area contributed by atoms with E-state index in [2.05, 4.69) is 5.32 Å². The summed E-state index contributed by atoms with van der Waals surface area (Å²) in [6, 6.07) is 3.64. The number of pyridine rings is 1. The normalized spacial score (nSPS) is 19.1. The Balaban J connectivity index is 1.52. The van der Waals surface area contributed by atoms with Crippen LogP contribution in [-0.4, -0.2) is 85.3 Å². The number of aromatic hydroxyl groups is 2. The summed E-state index contributed by atoms with van der Waals surface area (Å²) in [5, 5.41) is 48.2. The van der Waals surface area contributed by atoms with E-state index >= 15 is 0 Å². The third-order valence-corrected chi connectivity index (χ3v) is 10.9. The van der Waals surface area contributed by atoms with Crippen LogP contribution in [0.25, 0.3) is 27.5 Å². The van der Waals surface area contributed by atoms with E-state index in [1.54, 1.807) is 76.6 Å². The van der Waals surface area contributed by atoms with Crippen molar-refractivity contribution in [2.75, 3.05) is 19.0 Å². The number of aliphatic hydroxyl groups excluding tert-OH is 2. The number of phenols is 2. The van der Waals surface area contributed by atoms with Crippen molar-refractivity contribution in [2.45, 2.75) is 93.3 Å². The van der Waals surface area contributed by atoms with Gasteiger partial charge in [0.1, 0.15) is 33.9 Å². The number of aromatic nitrogens is 2. The average molecular weight is 802 g/mol. The first-order valence-corrected chi connectivity index (χ1v) is 19.3. The highest BCUT2D eigenvalue weighted by Gasteiger charge is 2.49. The van der Waals surface area contributed by atoms with Gasteiger partial charge in [-0.15, -0.1) is 0 Å². The van der Waals surface area contributed by atoms with Gasteiger partial charge in [-0.2, -0.15) is 0 Å². The van der Waals surface area contributed by atoms with Crippen LogP contribution in [0.4, 0.5) is 5.69 Å². The number of nitrogens with one attached hydrogen (secondary N) is 1. The molecule has 312 valence electrons. The Kier molecular flexibility index (Phi) is 12.9. The molecule has 0 bridgehead atoms. The number of carbonyl (C=O) groups excluding carboxylic acids is 3. The first-order valence-electron chi connectivity index (χ1n) is 19.3. The van der Waals surface area contributed by atoms with E-state index < -0.39 is 59.2 Å². The number of nitrogens with zero attached hydrogens (tertiary/aromatic N) is 2. The number of anilines is 1. The van der Waals surface area contributed by atoms with Crippen LogP contribution in [0.15, 0.2) is 54.5 Å². The molecule has 1 aliphatic rings. The Hall–Kier alpha value is -5.44. The number of aryl methyl sites for hydroxylation is 1. The number of ketones is 1. The van der Waals surface area contributed by atoms with Gasteiger partial charge >= 0.3 is 11.8 Å². The SMILES string of the molecule is COC(/C=C/OC1(C)Oc2c(C)c(O)c3c(O)c(NC(=O)/C(C)=C\C=C\C(C)C(O)C(C)C(O)C(C)COC(C)=O)c4c(nc5cc(C)ccn54)c3c2C1=O)C(C)C. The van der Waals surface area contributed by atoms with Crippen LogP contribution in [0.3, 0.4) is 0 Å². The van der Waals surface area contributed by atoms with Crippen molar-refractivity contribution in [1.29, 1.82) is 0 Å². The van der Waals surface area contributed by atoms with Crippen LogP contribution in [0, 0.1) is 37.5 Å². The molecule has 7 atom stereocenters. The molecule has 7 unspecified atom stereocenters. The summed E-state index contributed by atoms with van der Waals surface area (Å²) in [5.74, 6) is -5.44. The molecule has 0 fully saturated rings. The Morgan fingerprint density at radius 2 is 1.72 bits per heavy atom. The smallest absolute Gasteiger partial charge is 0.312 e. The van der Waals surface area contributed by atoms with Crippen LogP contribution in [0.2, 0.25) is 0 Å². The zero-order valence-corrected chi connectivity index (χ0v) is 34.9. The minimum atomic E-state index is -1.82. The summed E-state index contributed by atoms with van der Waals surface area (Å²) in [6.07, 6.45) is 7.49. The van der Waals surface area contributed by atoms with Crippen LogP contribution in [-0.2, 0) is 23.8 Å². The molecule has 4 aromatic rings. The fourth-order valence-corrected chi connectivity index (χ4v) is 7.25. The Morgan fingerprint density at radius 3 is 2.36 bits per heavy atom. The fraction of sp³-hybridized carbons (Fsp3) is 0.455. The van der Waals surface area contributed by atoms with E-state index in [4.69, 9.17) is 23.9 Å². The molecule has 3 heterocycles.